The van der Waals surface area contributed by atoms with Gasteiger partial charge in [0, 0.05) is 51.8 Å². The Labute approximate surface area is 171 Å². The number of hydrogen-bond donors (Lipinski definition) is 0. The van der Waals surface area contributed by atoms with Gasteiger partial charge in [-0.25, -0.2) is 4.68 Å². The molecule has 0 aromatic carbocycles. The van der Waals surface area contributed by atoms with Crippen LogP contribution in [-0.4, -0.2) is 67.1 Å². The second-order valence-corrected chi connectivity index (χ2v) is 8.64. The Kier molecular flexibility index (Phi) is 5.46. The van der Waals surface area contributed by atoms with Crippen molar-refractivity contribution in [3.63, 3.8) is 0 Å². The number of hydrogen-bond acceptors (Lipinski definition) is 6. The SMILES string of the molecule is O=c1cc2c(nn1CCN1CCN(Cc3nnc4n3CCCCC4)CC1)CCC2. The first-order chi connectivity index (χ1) is 14.3. The van der Waals surface area contributed by atoms with Gasteiger partial charge in [-0.3, -0.25) is 14.6 Å². The van der Waals surface area contributed by atoms with Crippen LogP contribution in [0.5, 0.6) is 0 Å². The molecule has 8 nitrogen and oxygen atoms in total. The fourth-order valence-electron chi connectivity index (χ4n) is 4.87. The number of fused-ring (bicyclic) bond motifs is 2. The topological polar surface area (TPSA) is 72.1 Å². The normalized spacial score (nSPS) is 20.4. The first-order valence-electron chi connectivity index (χ1n) is 11.2. The van der Waals surface area contributed by atoms with Gasteiger partial charge in [0.15, 0.2) is 0 Å². The molecule has 2 aromatic rings. The van der Waals surface area contributed by atoms with Crippen molar-refractivity contribution >= 4 is 0 Å². The van der Waals surface area contributed by atoms with Crippen LogP contribution in [0.2, 0.25) is 0 Å². The zero-order valence-corrected chi connectivity index (χ0v) is 17.2. The molecule has 29 heavy (non-hydrogen) atoms. The third-order valence-corrected chi connectivity index (χ3v) is 6.67. The van der Waals surface area contributed by atoms with Gasteiger partial charge in [0.1, 0.15) is 11.6 Å². The van der Waals surface area contributed by atoms with Gasteiger partial charge < -0.3 is 4.57 Å². The van der Waals surface area contributed by atoms with Gasteiger partial charge in [-0.05, 0) is 37.7 Å². The molecule has 1 saturated heterocycles. The molecule has 4 heterocycles. The monoisotopic (exact) mass is 397 g/mol. The Morgan fingerprint density at radius 1 is 0.828 bits per heavy atom. The molecule has 0 unspecified atom stereocenters. The van der Waals surface area contributed by atoms with Gasteiger partial charge in [-0.15, -0.1) is 10.2 Å². The molecule has 0 radical (unpaired) electrons. The van der Waals surface area contributed by atoms with Crippen LogP contribution in [0.25, 0.3) is 0 Å². The maximum atomic E-state index is 12.3. The smallest absolute Gasteiger partial charge is 0.267 e. The van der Waals surface area contributed by atoms with E-state index >= 15 is 0 Å². The van der Waals surface area contributed by atoms with E-state index in [0.29, 0.717) is 6.54 Å². The van der Waals surface area contributed by atoms with Crippen molar-refractivity contribution in [1.29, 1.82) is 0 Å². The van der Waals surface area contributed by atoms with Crippen molar-refractivity contribution in [3.8, 4) is 0 Å². The van der Waals surface area contributed by atoms with E-state index in [1.165, 1.54) is 25.1 Å². The summed E-state index contributed by atoms with van der Waals surface area (Å²) in [4.78, 5) is 17.2. The molecule has 8 heteroatoms. The lowest BCUT2D eigenvalue weighted by atomic mass is 10.2. The first kappa shape index (κ1) is 18.9. The number of aromatic nitrogens is 5. The van der Waals surface area contributed by atoms with Crippen molar-refractivity contribution in [2.45, 2.75) is 64.6 Å². The van der Waals surface area contributed by atoms with E-state index in [2.05, 4.69) is 29.7 Å². The molecule has 0 atom stereocenters. The molecule has 2 aliphatic heterocycles. The van der Waals surface area contributed by atoms with Crippen LogP contribution in [0.1, 0.15) is 48.6 Å². The van der Waals surface area contributed by atoms with Crippen LogP contribution in [0.4, 0.5) is 0 Å². The zero-order chi connectivity index (χ0) is 19.6. The van der Waals surface area contributed by atoms with E-state index in [1.807, 2.05) is 0 Å². The molecule has 0 spiro atoms. The Bertz CT molecular complexity index is 910. The van der Waals surface area contributed by atoms with Gasteiger partial charge in [-0.1, -0.05) is 6.42 Å². The van der Waals surface area contributed by atoms with E-state index in [0.717, 1.165) is 88.6 Å². The van der Waals surface area contributed by atoms with Crippen LogP contribution in [0, 0.1) is 0 Å². The average Bonchev–Trinajstić information content (AvgIpc) is 3.26. The second-order valence-electron chi connectivity index (χ2n) is 8.64. The van der Waals surface area contributed by atoms with E-state index in [4.69, 9.17) is 0 Å². The Morgan fingerprint density at radius 2 is 1.69 bits per heavy atom. The lowest BCUT2D eigenvalue weighted by Crippen LogP contribution is -2.47. The number of piperazine rings is 1. The standard InChI is InChI=1S/C21H31N7O/c29-21-15-17-5-4-6-18(17)24-28(21)14-13-25-9-11-26(12-10-25)16-20-23-22-19-7-2-1-3-8-27(19)20/h15H,1-14,16H2. The Balaban J connectivity index is 1.13. The van der Waals surface area contributed by atoms with Gasteiger partial charge in [0.05, 0.1) is 18.8 Å². The zero-order valence-electron chi connectivity index (χ0n) is 17.2. The van der Waals surface area contributed by atoms with Crippen LogP contribution in [-0.2, 0) is 38.9 Å². The number of nitrogens with zero attached hydrogens (tertiary/aromatic N) is 7. The molecule has 3 aliphatic rings. The number of aryl methyl sites for hydroxylation is 3. The third-order valence-electron chi connectivity index (χ3n) is 6.67. The molecule has 1 fully saturated rings. The van der Waals surface area contributed by atoms with Crippen molar-refractivity contribution in [2.75, 3.05) is 32.7 Å². The second kappa shape index (κ2) is 8.36. The van der Waals surface area contributed by atoms with Crippen molar-refractivity contribution in [2.24, 2.45) is 0 Å². The molecule has 0 amide bonds. The molecule has 1 aliphatic carbocycles. The van der Waals surface area contributed by atoms with Crippen molar-refractivity contribution < 1.29 is 0 Å². The summed E-state index contributed by atoms with van der Waals surface area (Å²) in [5, 5.41) is 13.5. The van der Waals surface area contributed by atoms with Crippen molar-refractivity contribution in [3.05, 3.63) is 39.3 Å². The van der Waals surface area contributed by atoms with E-state index in [9.17, 15) is 4.79 Å². The summed E-state index contributed by atoms with van der Waals surface area (Å²) in [6, 6.07) is 1.80. The van der Waals surface area contributed by atoms with Crippen LogP contribution >= 0.6 is 0 Å². The maximum absolute atomic E-state index is 12.3. The minimum absolute atomic E-state index is 0.0526. The first-order valence-corrected chi connectivity index (χ1v) is 11.2. The summed E-state index contributed by atoms with van der Waals surface area (Å²) >= 11 is 0. The highest BCUT2D eigenvalue weighted by atomic mass is 16.1. The average molecular weight is 398 g/mol. The lowest BCUT2D eigenvalue weighted by Gasteiger charge is -2.34. The quantitative estimate of drug-likeness (QED) is 0.746. The highest BCUT2D eigenvalue weighted by Gasteiger charge is 2.21. The molecule has 156 valence electrons. The molecule has 0 N–H and O–H groups in total. The van der Waals surface area contributed by atoms with Crippen LogP contribution < -0.4 is 5.56 Å². The molecular formula is C21H31N7O. The minimum Gasteiger partial charge on any atom is -0.314 e. The van der Waals surface area contributed by atoms with Gasteiger partial charge >= 0.3 is 0 Å². The predicted octanol–water partition coefficient (Wildman–Crippen LogP) is 0.868. The van der Waals surface area contributed by atoms with E-state index in [1.54, 1.807) is 10.7 Å². The molecule has 5 rings (SSSR count). The maximum Gasteiger partial charge on any atom is 0.267 e. The van der Waals surface area contributed by atoms with Crippen LogP contribution in [0.3, 0.4) is 0 Å². The highest BCUT2D eigenvalue weighted by Crippen LogP contribution is 2.18. The van der Waals surface area contributed by atoms with Crippen LogP contribution in [0.15, 0.2) is 10.9 Å². The summed E-state index contributed by atoms with van der Waals surface area (Å²) in [5.41, 5.74) is 2.34. The summed E-state index contributed by atoms with van der Waals surface area (Å²) in [5.74, 6) is 2.30. The Morgan fingerprint density at radius 3 is 2.59 bits per heavy atom. The molecular weight excluding hydrogens is 366 g/mol. The fourth-order valence-corrected chi connectivity index (χ4v) is 4.87. The largest absolute Gasteiger partial charge is 0.314 e. The van der Waals surface area contributed by atoms with E-state index < -0.39 is 0 Å². The van der Waals surface area contributed by atoms with Gasteiger partial charge in [0.25, 0.3) is 5.56 Å². The van der Waals surface area contributed by atoms with Crippen molar-refractivity contribution in [1.82, 2.24) is 34.3 Å². The fraction of sp³-hybridized carbons (Fsp3) is 0.714. The lowest BCUT2D eigenvalue weighted by molar-refractivity contribution is 0.119. The summed E-state index contributed by atoms with van der Waals surface area (Å²) in [6.45, 7) is 7.67. The van der Waals surface area contributed by atoms with Gasteiger partial charge in [-0.2, -0.15) is 5.10 Å². The Hall–Kier alpha value is -2.06. The predicted molar refractivity (Wildman–Crippen MR) is 110 cm³/mol. The highest BCUT2D eigenvalue weighted by molar-refractivity contribution is 5.22. The molecule has 0 saturated carbocycles. The summed E-state index contributed by atoms with van der Waals surface area (Å²) < 4.78 is 4.02. The molecule has 2 aromatic heterocycles. The van der Waals surface area contributed by atoms with E-state index in [-0.39, 0.29) is 5.56 Å². The number of rotatable bonds is 5. The summed E-state index contributed by atoms with van der Waals surface area (Å²) in [7, 11) is 0. The third kappa shape index (κ3) is 4.14. The summed E-state index contributed by atoms with van der Waals surface area (Å²) in [6.07, 6.45) is 7.99. The van der Waals surface area contributed by atoms with Gasteiger partial charge in [0.2, 0.25) is 0 Å². The minimum atomic E-state index is 0.0526. The molecule has 0 bridgehead atoms.